The van der Waals surface area contributed by atoms with Gasteiger partial charge < -0.3 is 0 Å². The second kappa shape index (κ2) is 4.41. The molecule has 1 heterocycles. The van der Waals surface area contributed by atoms with Gasteiger partial charge in [0.25, 0.3) is 0 Å². The predicted octanol–water partition coefficient (Wildman–Crippen LogP) is 1.90. The summed E-state index contributed by atoms with van der Waals surface area (Å²) < 4.78 is 0. The molecule has 0 aliphatic carbocycles. The molecule has 0 aromatic carbocycles. The van der Waals surface area contributed by atoms with Gasteiger partial charge in [-0.3, -0.25) is 9.69 Å². The van der Waals surface area contributed by atoms with Crippen LogP contribution in [-0.4, -0.2) is 35.3 Å². The van der Waals surface area contributed by atoms with E-state index in [9.17, 15) is 4.79 Å². The summed E-state index contributed by atoms with van der Waals surface area (Å²) in [6.45, 7) is 5.83. The summed E-state index contributed by atoms with van der Waals surface area (Å²) in [6, 6.07) is 0. The molecule has 15 heavy (non-hydrogen) atoms. The molecule has 0 aliphatic heterocycles. The van der Waals surface area contributed by atoms with E-state index in [1.54, 1.807) is 11.3 Å². The van der Waals surface area contributed by atoms with Crippen LogP contribution in [0.3, 0.4) is 0 Å². The summed E-state index contributed by atoms with van der Waals surface area (Å²) in [6.07, 6.45) is 0.426. The molecule has 1 rings (SSSR count). The maximum atomic E-state index is 12.0. The molecule has 0 N–H and O–H groups in total. The summed E-state index contributed by atoms with van der Waals surface area (Å²) in [5, 5.41) is 2.97. The zero-order valence-corrected chi connectivity index (χ0v) is 10.8. The Labute approximate surface area is 95.1 Å². The predicted molar refractivity (Wildman–Crippen MR) is 63.3 cm³/mol. The number of likely N-dealkylation sites (N-methyl/N-ethyl adjacent to an activating group) is 1. The molecule has 0 amide bonds. The minimum absolute atomic E-state index is 0.206. The maximum Gasteiger partial charge on any atom is 0.158 e. The van der Waals surface area contributed by atoms with Gasteiger partial charge in [-0.1, -0.05) is 0 Å². The van der Waals surface area contributed by atoms with Crippen LogP contribution in [0.1, 0.15) is 24.5 Å². The van der Waals surface area contributed by atoms with Crippen molar-refractivity contribution in [2.75, 3.05) is 14.1 Å². The van der Waals surface area contributed by atoms with Crippen LogP contribution in [0, 0.1) is 6.92 Å². The number of thiazole rings is 1. The zero-order chi connectivity index (χ0) is 11.6. The number of carbonyl (C=O) groups excluding carboxylic acids is 1. The number of carbonyl (C=O) groups is 1. The molecule has 1 aromatic heterocycles. The Morgan fingerprint density at radius 2 is 2.13 bits per heavy atom. The monoisotopic (exact) mass is 226 g/mol. The van der Waals surface area contributed by atoms with Gasteiger partial charge in [0.15, 0.2) is 5.78 Å². The highest BCUT2D eigenvalue weighted by Gasteiger charge is 2.29. The van der Waals surface area contributed by atoms with E-state index in [1.807, 2.05) is 45.1 Å². The van der Waals surface area contributed by atoms with Gasteiger partial charge in [0, 0.05) is 5.38 Å². The molecular formula is C11H18N2OS. The van der Waals surface area contributed by atoms with Crippen molar-refractivity contribution >= 4 is 17.1 Å². The normalized spacial score (nSPS) is 12.1. The fraction of sp³-hybridized carbons (Fsp3) is 0.636. The highest BCUT2D eigenvalue weighted by Crippen LogP contribution is 2.16. The van der Waals surface area contributed by atoms with E-state index in [0.29, 0.717) is 6.42 Å². The summed E-state index contributed by atoms with van der Waals surface area (Å²) in [5.74, 6) is 0.206. The molecule has 84 valence electrons. The Kier molecular flexibility index (Phi) is 3.62. The molecule has 0 spiro atoms. The van der Waals surface area contributed by atoms with Crippen LogP contribution in [-0.2, 0) is 11.2 Å². The number of aryl methyl sites for hydroxylation is 1. The van der Waals surface area contributed by atoms with Gasteiger partial charge in [-0.15, -0.1) is 11.3 Å². The van der Waals surface area contributed by atoms with E-state index in [0.717, 1.165) is 10.7 Å². The van der Waals surface area contributed by atoms with Crippen molar-refractivity contribution in [3.63, 3.8) is 0 Å². The number of hydrogen-bond acceptors (Lipinski definition) is 4. The Morgan fingerprint density at radius 1 is 1.53 bits per heavy atom. The molecule has 0 fully saturated rings. The van der Waals surface area contributed by atoms with Crippen molar-refractivity contribution in [2.45, 2.75) is 32.7 Å². The molecule has 4 heteroatoms. The highest BCUT2D eigenvalue weighted by molar-refractivity contribution is 7.09. The van der Waals surface area contributed by atoms with Crippen molar-refractivity contribution in [1.82, 2.24) is 9.88 Å². The summed E-state index contributed by atoms with van der Waals surface area (Å²) in [4.78, 5) is 18.2. The van der Waals surface area contributed by atoms with Gasteiger partial charge in [-0.25, -0.2) is 4.98 Å². The van der Waals surface area contributed by atoms with E-state index < -0.39 is 5.54 Å². The summed E-state index contributed by atoms with van der Waals surface area (Å²) in [5.41, 5.74) is 0.467. The number of aromatic nitrogens is 1. The summed E-state index contributed by atoms with van der Waals surface area (Å²) >= 11 is 1.59. The largest absolute Gasteiger partial charge is 0.298 e. The fourth-order valence-electron chi connectivity index (χ4n) is 1.12. The number of rotatable bonds is 4. The van der Waals surface area contributed by atoms with Gasteiger partial charge in [-0.2, -0.15) is 0 Å². The molecule has 0 saturated carbocycles. The lowest BCUT2D eigenvalue weighted by molar-refractivity contribution is -0.127. The minimum atomic E-state index is -0.419. The van der Waals surface area contributed by atoms with Crippen molar-refractivity contribution in [3.05, 3.63) is 16.1 Å². The van der Waals surface area contributed by atoms with Gasteiger partial charge in [0.05, 0.1) is 22.7 Å². The Bertz CT molecular complexity index is 355. The number of hydrogen-bond donors (Lipinski definition) is 0. The second-order valence-corrected chi connectivity index (χ2v) is 5.47. The minimum Gasteiger partial charge on any atom is -0.298 e. The first-order valence-electron chi connectivity index (χ1n) is 4.95. The van der Waals surface area contributed by atoms with Crippen LogP contribution in [0.25, 0.3) is 0 Å². The molecule has 0 bridgehead atoms. The maximum absolute atomic E-state index is 12.0. The molecule has 1 aromatic rings. The van der Waals surface area contributed by atoms with Crippen molar-refractivity contribution in [3.8, 4) is 0 Å². The van der Waals surface area contributed by atoms with Gasteiger partial charge >= 0.3 is 0 Å². The first kappa shape index (κ1) is 12.3. The average molecular weight is 226 g/mol. The van der Waals surface area contributed by atoms with Crippen molar-refractivity contribution in [2.24, 2.45) is 0 Å². The van der Waals surface area contributed by atoms with E-state index in [2.05, 4.69) is 4.98 Å². The Balaban J connectivity index is 2.71. The molecule has 0 radical (unpaired) electrons. The Hall–Kier alpha value is -0.740. The van der Waals surface area contributed by atoms with Crippen LogP contribution in [0.2, 0.25) is 0 Å². The van der Waals surface area contributed by atoms with E-state index in [4.69, 9.17) is 0 Å². The standard InChI is InChI=1S/C11H18N2OS/c1-8-12-9(7-15-8)6-10(14)11(2,3)13(4)5/h7H,6H2,1-5H3. The van der Waals surface area contributed by atoms with Gasteiger partial charge in [-0.05, 0) is 34.9 Å². The lowest BCUT2D eigenvalue weighted by Crippen LogP contribution is -2.46. The van der Waals surface area contributed by atoms with Crippen LogP contribution in [0.5, 0.6) is 0 Å². The van der Waals surface area contributed by atoms with E-state index in [1.165, 1.54) is 0 Å². The molecule has 3 nitrogen and oxygen atoms in total. The van der Waals surface area contributed by atoms with Crippen molar-refractivity contribution in [1.29, 1.82) is 0 Å². The first-order valence-corrected chi connectivity index (χ1v) is 5.83. The topological polar surface area (TPSA) is 33.2 Å². The van der Waals surface area contributed by atoms with Crippen molar-refractivity contribution < 1.29 is 4.79 Å². The third-order valence-corrected chi connectivity index (χ3v) is 3.63. The van der Waals surface area contributed by atoms with Crippen LogP contribution < -0.4 is 0 Å². The lowest BCUT2D eigenvalue weighted by atomic mass is 9.94. The van der Waals surface area contributed by atoms with E-state index in [-0.39, 0.29) is 5.78 Å². The third-order valence-electron chi connectivity index (χ3n) is 2.81. The average Bonchev–Trinajstić information content (AvgIpc) is 2.50. The number of Topliss-reactive ketones (excluding diaryl/α,β-unsaturated/α-hetero) is 1. The molecule has 0 atom stereocenters. The SMILES string of the molecule is Cc1nc(CC(=O)C(C)(C)N(C)C)cs1. The molecule has 0 saturated heterocycles. The molecule has 0 unspecified atom stereocenters. The summed E-state index contributed by atoms with van der Waals surface area (Å²) in [7, 11) is 3.84. The third kappa shape index (κ3) is 2.86. The Morgan fingerprint density at radius 3 is 2.53 bits per heavy atom. The van der Waals surface area contributed by atoms with Crippen LogP contribution in [0.15, 0.2) is 5.38 Å². The highest BCUT2D eigenvalue weighted by atomic mass is 32.1. The first-order chi connectivity index (χ1) is 6.84. The van der Waals surface area contributed by atoms with Gasteiger partial charge in [0.1, 0.15) is 0 Å². The van der Waals surface area contributed by atoms with E-state index >= 15 is 0 Å². The van der Waals surface area contributed by atoms with Crippen LogP contribution >= 0.6 is 11.3 Å². The lowest BCUT2D eigenvalue weighted by Gasteiger charge is -2.30. The quantitative estimate of drug-likeness (QED) is 0.786. The van der Waals surface area contributed by atoms with Gasteiger partial charge in [0.2, 0.25) is 0 Å². The zero-order valence-electron chi connectivity index (χ0n) is 10.00. The molecule has 0 aliphatic rings. The number of ketones is 1. The van der Waals surface area contributed by atoms with Crippen LogP contribution in [0.4, 0.5) is 0 Å². The fourth-order valence-corrected chi connectivity index (χ4v) is 1.73. The molecular weight excluding hydrogens is 208 g/mol. The number of nitrogens with zero attached hydrogens (tertiary/aromatic N) is 2. The second-order valence-electron chi connectivity index (χ2n) is 4.41. The smallest absolute Gasteiger partial charge is 0.158 e.